The van der Waals surface area contributed by atoms with Crippen LogP contribution in [-0.4, -0.2) is 54.3 Å². The van der Waals surface area contributed by atoms with Crippen molar-refractivity contribution in [3.05, 3.63) is 36.2 Å². The average Bonchev–Trinajstić information content (AvgIpc) is 3.01. The third kappa shape index (κ3) is 3.54. The first-order valence-corrected chi connectivity index (χ1v) is 9.44. The predicted molar refractivity (Wildman–Crippen MR) is 103 cm³/mol. The summed E-state index contributed by atoms with van der Waals surface area (Å²) in [6, 6.07) is 7.07. The highest BCUT2D eigenvalue weighted by molar-refractivity contribution is 6.09. The molecule has 28 heavy (non-hydrogen) atoms. The number of alkyl halides is 3. The van der Waals surface area contributed by atoms with Crippen molar-refractivity contribution in [1.82, 2.24) is 19.8 Å². The summed E-state index contributed by atoms with van der Waals surface area (Å²) >= 11 is 0. The van der Waals surface area contributed by atoms with E-state index in [2.05, 4.69) is 15.2 Å². The zero-order valence-electron chi connectivity index (χ0n) is 15.7. The van der Waals surface area contributed by atoms with Crippen LogP contribution < -0.4 is 10.1 Å². The molecule has 2 aromatic heterocycles. The van der Waals surface area contributed by atoms with Crippen LogP contribution >= 0.6 is 0 Å². The van der Waals surface area contributed by atoms with Gasteiger partial charge in [-0.1, -0.05) is 0 Å². The van der Waals surface area contributed by atoms with Crippen molar-refractivity contribution in [3.8, 4) is 5.75 Å². The molecule has 1 fully saturated rings. The van der Waals surface area contributed by atoms with Crippen molar-refractivity contribution >= 4 is 21.8 Å². The molecule has 0 saturated carbocycles. The van der Waals surface area contributed by atoms with Crippen LogP contribution in [0.4, 0.5) is 13.2 Å². The van der Waals surface area contributed by atoms with E-state index in [4.69, 9.17) is 4.74 Å². The molecule has 0 radical (unpaired) electrons. The van der Waals surface area contributed by atoms with Gasteiger partial charge in [0.15, 0.2) is 5.69 Å². The van der Waals surface area contributed by atoms with E-state index in [0.29, 0.717) is 17.7 Å². The van der Waals surface area contributed by atoms with Crippen LogP contribution in [-0.2, 0) is 12.7 Å². The van der Waals surface area contributed by atoms with Gasteiger partial charge in [-0.3, -0.25) is 0 Å². The van der Waals surface area contributed by atoms with E-state index in [1.54, 1.807) is 29.9 Å². The van der Waals surface area contributed by atoms with Crippen LogP contribution in [0, 0.1) is 0 Å². The van der Waals surface area contributed by atoms with Gasteiger partial charge < -0.3 is 19.5 Å². The molecular formula is C20H23F3N4O. The fourth-order valence-corrected chi connectivity index (χ4v) is 3.98. The quantitative estimate of drug-likeness (QED) is 0.722. The lowest BCUT2D eigenvalue weighted by Gasteiger charge is -2.27. The van der Waals surface area contributed by atoms with Gasteiger partial charge in [-0.15, -0.1) is 0 Å². The second-order valence-electron chi connectivity index (χ2n) is 7.03. The third-order valence-electron chi connectivity index (χ3n) is 5.31. The highest BCUT2D eigenvalue weighted by atomic mass is 19.4. The Hall–Kier alpha value is -2.32. The molecule has 5 nitrogen and oxygen atoms in total. The molecule has 0 aliphatic carbocycles. The van der Waals surface area contributed by atoms with Crippen LogP contribution in [0.5, 0.6) is 5.75 Å². The van der Waals surface area contributed by atoms with E-state index >= 15 is 0 Å². The minimum absolute atomic E-state index is 0.151. The highest BCUT2D eigenvalue weighted by Gasteiger charge is 2.36. The Bertz CT molecular complexity index is 977. The lowest BCUT2D eigenvalue weighted by atomic mass is 10.1. The summed E-state index contributed by atoms with van der Waals surface area (Å²) in [5.74, 6) is 0.625. The maximum Gasteiger partial charge on any atom is 0.435 e. The third-order valence-corrected chi connectivity index (χ3v) is 5.31. The van der Waals surface area contributed by atoms with Gasteiger partial charge in [0.1, 0.15) is 5.75 Å². The van der Waals surface area contributed by atoms with Gasteiger partial charge in [0, 0.05) is 55.8 Å². The fraction of sp³-hybridized carbons (Fsp3) is 0.450. The number of pyridine rings is 1. The number of halogens is 3. The molecule has 1 aliphatic heterocycles. The van der Waals surface area contributed by atoms with E-state index in [1.807, 2.05) is 6.07 Å². The summed E-state index contributed by atoms with van der Waals surface area (Å²) < 4.78 is 48.1. The molecule has 1 aromatic carbocycles. The van der Waals surface area contributed by atoms with Crippen LogP contribution in [0.25, 0.3) is 21.8 Å². The Balaban J connectivity index is 1.77. The monoisotopic (exact) mass is 392 g/mol. The predicted octanol–water partition coefficient (Wildman–Crippen LogP) is 3.51. The number of benzene rings is 1. The molecule has 4 rings (SSSR count). The van der Waals surface area contributed by atoms with E-state index in [1.165, 1.54) is 6.20 Å². The van der Waals surface area contributed by atoms with Crippen molar-refractivity contribution < 1.29 is 17.9 Å². The molecule has 3 aromatic rings. The topological polar surface area (TPSA) is 42.3 Å². The molecule has 1 saturated heterocycles. The lowest BCUT2D eigenvalue weighted by Crippen LogP contribution is -2.43. The Labute approximate surface area is 161 Å². The summed E-state index contributed by atoms with van der Waals surface area (Å²) in [6.07, 6.45) is -2.50. The minimum Gasteiger partial charge on any atom is -0.497 e. The van der Waals surface area contributed by atoms with Gasteiger partial charge in [0.05, 0.1) is 18.1 Å². The van der Waals surface area contributed by atoms with Crippen LogP contribution in [0.3, 0.4) is 0 Å². The van der Waals surface area contributed by atoms with Crippen LogP contribution in [0.2, 0.25) is 0 Å². The van der Waals surface area contributed by atoms with Crippen molar-refractivity contribution in [3.63, 3.8) is 0 Å². The first kappa shape index (κ1) is 19.0. The number of aromatic nitrogens is 2. The summed E-state index contributed by atoms with van der Waals surface area (Å²) in [6.45, 7) is 5.19. The number of nitrogens with one attached hydrogen (secondary N) is 1. The minimum atomic E-state index is -4.51. The molecular weight excluding hydrogens is 369 g/mol. The zero-order chi connectivity index (χ0) is 19.7. The molecule has 0 atom stereocenters. The fourth-order valence-electron chi connectivity index (χ4n) is 3.98. The molecule has 0 spiro atoms. The number of nitrogens with zero attached hydrogens (tertiary/aromatic N) is 3. The summed E-state index contributed by atoms with van der Waals surface area (Å²) in [7, 11) is 1.56. The molecule has 0 bridgehead atoms. The van der Waals surface area contributed by atoms with Crippen molar-refractivity contribution in [2.24, 2.45) is 0 Å². The average molecular weight is 392 g/mol. The van der Waals surface area contributed by atoms with Gasteiger partial charge in [-0.2, -0.15) is 13.2 Å². The number of rotatable bonds is 5. The first-order chi connectivity index (χ1) is 13.5. The molecule has 150 valence electrons. The number of piperazine rings is 1. The van der Waals surface area contributed by atoms with Gasteiger partial charge in [-0.25, -0.2) is 4.98 Å². The SMILES string of the molecule is COc1ccc2c3ccnc(C(F)(F)F)c3n(CCCN3CCNCC3)c2c1. The number of fused-ring (bicyclic) bond motifs is 3. The molecule has 8 heteroatoms. The number of aryl methyl sites for hydroxylation is 1. The molecule has 3 heterocycles. The molecule has 0 amide bonds. The number of methoxy groups -OCH3 is 1. The first-order valence-electron chi connectivity index (χ1n) is 9.44. The second-order valence-corrected chi connectivity index (χ2v) is 7.03. The van der Waals surface area contributed by atoms with Gasteiger partial charge in [0.25, 0.3) is 0 Å². The lowest BCUT2D eigenvalue weighted by molar-refractivity contribution is -0.140. The van der Waals surface area contributed by atoms with Crippen LogP contribution in [0.1, 0.15) is 12.1 Å². The zero-order valence-corrected chi connectivity index (χ0v) is 15.7. The smallest absolute Gasteiger partial charge is 0.435 e. The van der Waals surface area contributed by atoms with E-state index < -0.39 is 11.9 Å². The normalized spacial score (nSPS) is 16.1. The van der Waals surface area contributed by atoms with Crippen molar-refractivity contribution in [2.45, 2.75) is 19.1 Å². The maximum absolute atomic E-state index is 13.7. The summed E-state index contributed by atoms with van der Waals surface area (Å²) in [4.78, 5) is 6.02. The standard InChI is InChI=1S/C20H23F3N4O/c1-28-14-3-4-15-16-5-6-25-19(20(21,22)23)18(16)27(17(15)13-14)10-2-9-26-11-7-24-8-12-26/h3-6,13,24H,2,7-12H2,1H3. The molecule has 1 aliphatic rings. The van der Waals surface area contributed by atoms with E-state index in [0.717, 1.165) is 50.0 Å². The van der Waals surface area contributed by atoms with Crippen molar-refractivity contribution in [1.29, 1.82) is 0 Å². The Morgan fingerprint density at radius 3 is 2.61 bits per heavy atom. The summed E-state index contributed by atoms with van der Waals surface area (Å²) in [5, 5.41) is 4.66. The van der Waals surface area contributed by atoms with E-state index in [-0.39, 0.29) is 5.52 Å². The number of ether oxygens (including phenoxy) is 1. The highest BCUT2D eigenvalue weighted by Crippen LogP contribution is 2.38. The Morgan fingerprint density at radius 2 is 1.89 bits per heavy atom. The van der Waals surface area contributed by atoms with E-state index in [9.17, 15) is 13.2 Å². The Kier molecular flexibility index (Phi) is 5.16. The Morgan fingerprint density at radius 1 is 1.11 bits per heavy atom. The maximum atomic E-state index is 13.7. The molecule has 1 N–H and O–H groups in total. The summed E-state index contributed by atoms with van der Waals surface area (Å²) in [5.41, 5.74) is 0.0639. The van der Waals surface area contributed by atoms with Gasteiger partial charge >= 0.3 is 6.18 Å². The van der Waals surface area contributed by atoms with Gasteiger partial charge in [-0.05, 0) is 31.2 Å². The number of hydrogen-bond donors (Lipinski definition) is 1. The number of hydrogen-bond acceptors (Lipinski definition) is 4. The second kappa shape index (κ2) is 7.60. The van der Waals surface area contributed by atoms with Gasteiger partial charge in [0.2, 0.25) is 0 Å². The molecule has 0 unspecified atom stereocenters. The largest absolute Gasteiger partial charge is 0.497 e. The van der Waals surface area contributed by atoms with Crippen molar-refractivity contribution in [2.75, 3.05) is 39.8 Å². The van der Waals surface area contributed by atoms with Crippen LogP contribution in [0.15, 0.2) is 30.5 Å².